The fourth-order valence-corrected chi connectivity index (χ4v) is 8.74. The molecule has 0 rings (SSSR count). The molecule has 0 saturated carbocycles. The van der Waals surface area contributed by atoms with E-state index < -0.39 is 6.10 Å². The highest BCUT2D eigenvalue weighted by Crippen LogP contribution is 2.16. The Labute approximate surface area is 452 Å². The second kappa shape index (κ2) is 61.1. The summed E-state index contributed by atoms with van der Waals surface area (Å²) < 4.78 is 16.9. The molecule has 6 nitrogen and oxygen atoms in total. The number of carbonyl (C=O) groups is 3. The molecule has 0 aliphatic rings. The van der Waals surface area contributed by atoms with Gasteiger partial charge in [0.1, 0.15) is 13.2 Å². The Morgan fingerprint density at radius 3 is 0.904 bits per heavy atom. The van der Waals surface area contributed by atoms with Gasteiger partial charge >= 0.3 is 17.9 Å². The van der Waals surface area contributed by atoms with Gasteiger partial charge in [-0.1, -0.05) is 279 Å². The lowest BCUT2D eigenvalue weighted by Gasteiger charge is -2.18. The van der Waals surface area contributed by atoms with E-state index in [1.807, 2.05) is 0 Å². The normalized spacial score (nSPS) is 12.6. The third-order valence-corrected chi connectivity index (χ3v) is 13.4. The molecule has 0 amide bonds. The van der Waals surface area contributed by atoms with E-state index >= 15 is 0 Å². The Morgan fingerprint density at radius 1 is 0.288 bits per heavy atom. The maximum absolute atomic E-state index is 12.8. The Hall–Kier alpha value is -3.41. The van der Waals surface area contributed by atoms with Gasteiger partial charge in [0.15, 0.2) is 6.10 Å². The Kier molecular flexibility index (Phi) is 58.3. The van der Waals surface area contributed by atoms with Gasteiger partial charge in [0.2, 0.25) is 0 Å². The van der Waals surface area contributed by atoms with Gasteiger partial charge in [-0.05, 0) is 89.9 Å². The van der Waals surface area contributed by atoms with Crippen LogP contribution in [0, 0.1) is 0 Å². The molecule has 73 heavy (non-hydrogen) atoms. The number of hydrogen-bond donors (Lipinski definition) is 0. The number of carbonyl (C=O) groups excluding carboxylic acids is 3. The molecular weight excluding hydrogens is 901 g/mol. The first-order valence-electron chi connectivity index (χ1n) is 31.1. The summed E-state index contributed by atoms with van der Waals surface area (Å²) in [6, 6.07) is 0. The molecular formula is C67H116O6. The fourth-order valence-electron chi connectivity index (χ4n) is 8.74. The van der Waals surface area contributed by atoms with E-state index in [2.05, 4.69) is 106 Å². The molecule has 1 atom stereocenters. The summed E-state index contributed by atoms with van der Waals surface area (Å²) >= 11 is 0. The van der Waals surface area contributed by atoms with Gasteiger partial charge in [0, 0.05) is 19.3 Å². The molecule has 0 aromatic rings. The zero-order valence-electron chi connectivity index (χ0n) is 48.1. The van der Waals surface area contributed by atoms with E-state index in [0.717, 1.165) is 109 Å². The SMILES string of the molecule is CC/C=C\C/C=C\C/C=C\C/C=C\C/C=C\C/C=C\CCCCCCCCCCCCCCC(=O)OCC(COC(=O)CCCCCCC/C=C\CCC)OC(=O)CCCCCCCCCCCCCCCC. The third-order valence-electron chi connectivity index (χ3n) is 13.4. The van der Waals surface area contributed by atoms with Gasteiger partial charge in [0.25, 0.3) is 0 Å². The first-order chi connectivity index (χ1) is 36.0. The number of unbranched alkanes of at least 4 members (excludes halogenated alkanes) is 31. The van der Waals surface area contributed by atoms with Crippen LogP contribution >= 0.6 is 0 Å². The number of esters is 3. The summed E-state index contributed by atoms with van der Waals surface area (Å²) in [7, 11) is 0. The summed E-state index contributed by atoms with van der Waals surface area (Å²) in [5.41, 5.74) is 0. The molecule has 0 aliphatic heterocycles. The highest BCUT2D eigenvalue weighted by Gasteiger charge is 2.19. The number of ether oxygens (including phenoxy) is 3. The average molecular weight is 1020 g/mol. The van der Waals surface area contributed by atoms with Crippen LogP contribution in [0.15, 0.2) is 85.1 Å². The minimum Gasteiger partial charge on any atom is -0.462 e. The van der Waals surface area contributed by atoms with Crippen molar-refractivity contribution in [3.63, 3.8) is 0 Å². The maximum Gasteiger partial charge on any atom is 0.306 e. The predicted octanol–water partition coefficient (Wildman–Crippen LogP) is 21.1. The Bertz CT molecular complexity index is 1400. The minimum absolute atomic E-state index is 0.0766. The molecule has 6 heteroatoms. The Morgan fingerprint density at radius 2 is 0.562 bits per heavy atom. The molecule has 0 bridgehead atoms. The van der Waals surface area contributed by atoms with Crippen LogP contribution in [-0.2, 0) is 28.6 Å². The number of rotatable bonds is 56. The molecule has 0 N–H and O–H groups in total. The van der Waals surface area contributed by atoms with Crippen LogP contribution in [0.3, 0.4) is 0 Å². The fraction of sp³-hybridized carbons (Fsp3) is 0.746. The van der Waals surface area contributed by atoms with E-state index in [-0.39, 0.29) is 31.1 Å². The van der Waals surface area contributed by atoms with Crippen LogP contribution in [-0.4, -0.2) is 37.2 Å². The van der Waals surface area contributed by atoms with Crippen LogP contribution in [0.2, 0.25) is 0 Å². The van der Waals surface area contributed by atoms with E-state index in [9.17, 15) is 14.4 Å². The van der Waals surface area contributed by atoms with Crippen molar-refractivity contribution in [3.8, 4) is 0 Å². The number of allylic oxidation sites excluding steroid dienone is 14. The first kappa shape index (κ1) is 69.6. The van der Waals surface area contributed by atoms with Crippen LogP contribution in [0.4, 0.5) is 0 Å². The van der Waals surface area contributed by atoms with Gasteiger partial charge in [0.05, 0.1) is 0 Å². The highest BCUT2D eigenvalue weighted by molar-refractivity contribution is 5.71. The molecule has 0 radical (unpaired) electrons. The standard InChI is InChI=1S/C67H116O6/c1-4-7-10-13-16-19-22-24-26-27-28-29-30-31-32-33-34-35-36-37-38-39-40-41-42-44-45-48-51-54-57-60-66(69)72-63-64(62-71-65(68)59-56-53-50-47-21-18-15-12-9-6-3)73-67(70)61-58-55-52-49-46-43-25-23-20-17-14-11-8-5-2/h7,10,12,15-16,19,24,26,28-29,31-32,34-35,64H,4-6,8-9,11,13-14,17-18,20-23,25,27,30,33,36-63H2,1-3H3/b10-7-,15-12-,19-16-,26-24-,29-28-,32-31-,35-34-. The summed E-state index contributed by atoms with van der Waals surface area (Å²) in [5.74, 6) is -0.879. The largest absolute Gasteiger partial charge is 0.462 e. The first-order valence-corrected chi connectivity index (χ1v) is 31.1. The van der Waals surface area contributed by atoms with Crippen molar-refractivity contribution in [2.24, 2.45) is 0 Å². The highest BCUT2D eigenvalue weighted by atomic mass is 16.6. The van der Waals surface area contributed by atoms with E-state index in [0.29, 0.717) is 19.3 Å². The van der Waals surface area contributed by atoms with Crippen LogP contribution in [0.1, 0.15) is 303 Å². The van der Waals surface area contributed by atoms with Crippen LogP contribution in [0.25, 0.3) is 0 Å². The zero-order chi connectivity index (χ0) is 52.9. The second-order valence-corrected chi connectivity index (χ2v) is 20.6. The lowest BCUT2D eigenvalue weighted by Crippen LogP contribution is -2.30. The van der Waals surface area contributed by atoms with Gasteiger partial charge in [-0.2, -0.15) is 0 Å². The van der Waals surface area contributed by atoms with Crippen molar-refractivity contribution >= 4 is 17.9 Å². The second-order valence-electron chi connectivity index (χ2n) is 20.6. The monoisotopic (exact) mass is 1020 g/mol. The van der Waals surface area contributed by atoms with E-state index in [1.165, 1.54) is 154 Å². The van der Waals surface area contributed by atoms with Gasteiger partial charge in [-0.3, -0.25) is 14.4 Å². The summed E-state index contributed by atoms with van der Waals surface area (Å²) in [5, 5.41) is 0. The molecule has 0 aromatic carbocycles. The van der Waals surface area contributed by atoms with Crippen molar-refractivity contribution in [3.05, 3.63) is 85.1 Å². The summed E-state index contributed by atoms with van der Waals surface area (Å²) in [4.78, 5) is 38.1. The van der Waals surface area contributed by atoms with Crippen molar-refractivity contribution < 1.29 is 28.6 Å². The van der Waals surface area contributed by atoms with E-state index in [1.54, 1.807) is 0 Å². The van der Waals surface area contributed by atoms with Gasteiger partial charge < -0.3 is 14.2 Å². The van der Waals surface area contributed by atoms with Crippen molar-refractivity contribution in [2.75, 3.05) is 13.2 Å². The molecule has 0 aliphatic carbocycles. The molecule has 0 heterocycles. The Balaban J connectivity index is 4.15. The van der Waals surface area contributed by atoms with Crippen molar-refractivity contribution in [1.29, 1.82) is 0 Å². The summed E-state index contributed by atoms with van der Waals surface area (Å²) in [6.07, 6.45) is 80.3. The van der Waals surface area contributed by atoms with Crippen LogP contribution in [0.5, 0.6) is 0 Å². The van der Waals surface area contributed by atoms with Crippen LogP contribution < -0.4 is 0 Å². The number of hydrogen-bond acceptors (Lipinski definition) is 6. The minimum atomic E-state index is -0.777. The molecule has 0 fully saturated rings. The quantitative estimate of drug-likeness (QED) is 0.0261. The molecule has 0 aromatic heterocycles. The van der Waals surface area contributed by atoms with E-state index in [4.69, 9.17) is 14.2 Å². The van der Waals surface area contributed by atoms with Crippen molar-refractivity contribution in [2.45, 2.75) is 309 Å². The molecule has 420 valence electrons. The topological polar surface area (TPSA) is 78.9 Å². The van der Waals surface area contributed by atoms with Gasteiger partial charge in [-0.25, -0.2) is 0 Å². The summed E-state index contributed by atoms with van der Waals surface area (Å²) in [6.45, 7) is 6.48. The zero-order valence-corrected chi connectivity index (χ0v) is 48.1. The lowest BCUT2D eigenvalue weighted by atomic mass is 10.0. The molecule has 0 saturated heterocycles. The average Bonchev–Trinajstić information content (AvgIpc) is 3.39. The lowest BCUT2D eigenvalue weighted by molar-refractivity contribution is -0.167. The maximum atomic E-state index is 12.8. The smallest absolute Gasteiger partial charge is 0.306 e. The molecule has 0 spiro atoms. The predicted molar refractivity (Wildman–Crippen MR) is 316 cm³/mol. The van der Waals surface area contributed by atoms with Gasteiger partial charge in [-0.15, -0.1) is 0 Å². The molecule has 1 unspecified atom stereocenters. The van der Waals surface area contributed by atoms with Crippen molar-refractivity contribution in [1.82, 2.24) is 0 Å². The third kappa shape index (κ3) is 59.3.